The maximum Gasteiger partial charge on any atom is 0.285 e. The van der Waals surface area contributed by atoms with Crippen LogP contribution in [0.2, 0.25) is 0 Å². The van der Waals surface area contributed by atoms with E-state index in [0.717, 1.165) is 26.8 Å². The van der Waals surface area contributed by atoms with Crippen molar-refractivity contribution in [3.63, 3.8) is 0 Å². The summed E-state index contributed by atoms with van der Waals surface area (Å²) in [4.78, 5) is 26.5. The normalized spacial score (nSPS) is 15.1. The van der Waals surface area contributed by atoms with E-state index in [9.17, 15) is 9.59 Å². The number of nitrogens with zero attached hydrogens (tertiary/aromatic N) is 1. The number of nitrogens with one attached hydrogen (secondary N) is 1. The molecule has 0 atom stereocenters. The molecule has 1 aliphatic rings. The minimum atomic E-state index is -0.400. The van der Waals surface area contributed by atoms with Crippen molar-refractivity contribution in [3.05, 3.63) is 88.5 Å². The molecule has 3 aromatic rings. The highest BCUT2D eigenvalue weighted by Gasteiger charge is 2.34. The Bertz CT molecular complexity index is 1140. The van der Waals surface area contributed by atoms with Crippen molar-refractivity contribution in [2.24, 2.45) is 0 Å². The van der Waals surface area contributed by atoms with Crippen molar-refractivity contribution in [1.82, 2.24) is 10.4 Å². The molecule has 0 aliphatic carbocycles. The van der Waals surface area contributed by atoms with Gasteiger partial charge in [0, 0.05) is 16.5 Å². The Kier molecular flexibility index (Phi) is 6.08. The van der Waals surface area contributed by atoms with Gasteiger partial charge in [-0.05, 0) is 55.5 Å². The number of carbonyl (C=O) groups excluding carboxylic acids is 2. The summed E-state index contributed by atoms with van der Waals surface area (Å²) in [5, 5.41) is 1.81. The van der Waals surface area contributed by atoms with E-state index < -0.39 is 11.8 Å². The van der Waals surface area contributed by atoms with Crippen LogP contribution in [0.5, 0.6) is 0 Å². The maximum atomic E-state index is 12.7. The molecule has 30 heavy (non-hydrogen) atoms. The van der Waals surface area contributed by atoms with Gasteiger partial charge in [0.15, 0.2) is 9.41 Å². The van der Waals surface area contributed by atoms with Crippen LogP contribution in [0.3, 0.4) is 0 Å². The predicted octanol–water partition coefficient (Wildman–Crippen LogP) is 5.29. The molecule has 4 rings (SSSR count). The average Bonchev–Trinajstić information content (AvgIpc) is 3.29. The number of amides is 2. The van der Waals surface area contributed by atoms with Crippen LogP contribution in [-0.4, -0.2) is 21.1 Å². The molecule has 2 amide bonds. The zero-order valence-corrected chi connectivity index (χ0v) is 18.3. The summed E-state index contributed by atoms with van der Waals surface area (Å²) in [5.41, 5.74) is 4.20. The Balaban J connectivity index is 1.45. The van der Waals surface area contributed by atoms with Gasteiger partial charge in [-0.2, -0.15) is 5.01 Å². The monoisotopic (exact) mass is 452 g/mol. The number of furan rings is 1. The highest BCUT2D eigenvalue weighted by atomic mass is 32.2. The van der Waals surface area contributed by atoms with Crippen LogP contribution in [0.15, 0.2) is 86.0 Å². The van der Waals surface area contributed by atoms with Crippen molar-refractivity contribution >= 4 is 58.0 Å². The van der Waals surface area contributed by atoms with E-state index in [4.69, 9.17) is 16.6 Å². The van der Waals surface area contributed by atoms with E-state index in [0.29, 0.717) is 16.2 Å². The minimum Gasteiger partial charge on any atom is -0.450 e. The Morgan fingerprint density at radius 2 is 1.83 bits per heavy atom. The topological polar surface area (TPSA) is 62.6 Å². The van der Waals surface area contributed by atoms with Gasteiger partial charge >= 0.3 is 0 Å². The first kappa shape index (κ1) is 20.5. The lowest BCUT2D eigenvalue weighted by atomic mass is 10.2. The maximum absolute atomic E-state index is 12.7. The second-order valence-corrected chi connectivity index (χ2v) is 9.15. The van der Waals surface area contributed by atoms with Crippen LogP contribution in [0.1, 0.15) is 21.7 Å². The summed E-state index contributed by atoms with van der Waals surface area (Å²) in [5.74, 6) is -0.249. The van der Waals surface area contributed by atoms with Crippen molar-refractivity contribution < 1.29 is 14.0 Å². The van der Waals surface area contributed by atoms with Crippen LogP contribution in [0.4, 0.5) is 0 Å². The number of hydrogen-bond acceptors (Lipinski definition) is 6. The molecular formula is C22H16N2O3S3. The molecule has 0 saturated carbocycles. The van der Waals surface area contributed by atoms with Gasteiger partial charge in [-0.25, -0.2) is 0 Å². The largest absolute Gasteiger partial charge is 0.450 e. The lowest BCUT2D eigenvalue weighted by Crippen LogP contribution is -2.44. The van der Waals surface area contributed by atoms with Crippen LogP contribution in [-0.2, 0) is 4.79 Å². The number of hydrogen-bond donors (Lipinski definition) is 1. The minimum absolute atomic E-state index is 0.261. The third kappa shape index (κ3) is 4.67. The fourth-order valence-electron chi connectivity index (χ4n) is 2.64. The van der Waals surface area contributed by atoms with E-state index in [1.807, 2.05) is 43.3 Å². The number of hydrazine groups is 1. The molecular weight excluding hydrogens is 436 g/mol. The lowest BCUT2D eigenvalue weighted by molar-refractivity contribution is -0.123. The third-order valence-electron chi connectivity index (χ3n) is 4.16. The van der Waals surface area contributed by atoms with E-state index >= 15 is 0 Å². The molecule has 2 aromatic carbocycles. The summed E-state index contributed by atoms with van der Waals surface area (Å²) >= 11 is 7.88. The summed E-state index contributed by atoms with van der Waals surface area (Å²) < 4.78 is 6.08. The highest BCUT2D eigenvalue weighted by molar-refractivity contribution is 8.26. The zero-order chi connectivity index (χ0) is 21.1. The van der Waals surface area contributed by atoms with Gasteiger partial charge in [-0.3, -0.25) is 15.0 Å². The van der Waals surface area contributed by atoms with Gasteiger partial charge in [-0.15, -0.1) is 0 Å². The smallest absolute Gasteiger partial charge is 0.285 e. The molecule has 5 nitrogen and oxygen atoms in total. The van der Waals surface area contributed by atoms with E-state index in [2.05, 4.69) is 5.43 Å². The molecule has 0 spiro atoms. The molecule has 1 aliphatic heterocycles. The SMILES string of the molecule is Cc1ccc(Sc2ccc(/C=C3\SC(=S)N(NC(=O)c4ccccc4)C3=O)o2)cc1. The average molecular weight is 453 g/mol. The first-order valence-corrected chi connectivity index (χ1v) is 11.0. The number of thioether (sulfide) groups is 1. The molecule has 150 valence electrons. The summed E-state index contributed by atoms with van der Waals surface area (Å²) in [6.45, 7) is 2.04. The van der Waals surface area contributed by atoms with Gasteiger partial charge in [0.1, 0.15) is 5.76 Å². The molecule has 2 heterocycles. The van der Waals surface area contributed by atoms with Gasteiger partial charge in [-0.1, -0.05) is 59.4 Å². The van der Waals surface area contributed by atoms with Crippen molar-refractivity contribution in [2.75, 3.05) is 0 Å². The van der Waals surface area contributed by atoms with Crippen molar-refractivity contribution in [1.29, 1.82) is 0 Å². The first-order chi connectivity index (χ1) is 14.5. The summed E-state index contributed by atoms with van der Waals surface area (Å²) in [6, 6.07) is 20.4. The number of thiocarbonyl (C=S) groups is 1. The Hall–Kier alpha value is -2.81. The van der Waals surface area contributed by atoms with Crippen LogP contribution < -0.4 is 5.43 Å². The van der Waals surface area contributed by atoms with Gasteiger partial charge in [0.05, 0.1) is 4.91 Å². The predicted molar refractivity (Wildman–Crippen MR) is 123 cm³/mol. The number of benzene rings is 2. The van der Waals surface area contributed by atoms with Crippen LogP contribution in [0, 0.1) is 6.92 Å². The molecule has 8 heteroatoms. The Morgan fingerprint density at radius 1 is 1.10 bits per heavy atom. The van der Waals surface area contributed by atoms with Gasteiger partial charge in [0.25, 0.3) is 11.8 Å². The fraction of sp³-hybridized carbons (Fsp3) is 0.0455. The van der Waals surface area contributed by atoms with Crippen LogP contribution >= 0.6 is 35.7 Å². The second kappa shape index (κ2) is 8.91. The number of carbonyl (C=O) groups is 2. The van der Waals surface area contributed by atoms with Crippen LogP contribution in [0.25, 0.3) is 6.08 Å². The van der Waals surface area contributed by atoms with Crippen molar-refractivity contribution in [3.8, 4) is 0 Å². The first-order valence-electron chi connectivity index (χ1n) is 8.98. The molecule has 1 aromatic heterocycles. The summed E-state index contributed by atoms with van der Waals surface area (Å²) in [6.07, 6.45) is 1.63. The fourth-order valence-corrected chi connectivity index (χ4v) is 4.58. The van der Waals surface area contributed by atoms with Gasteiger partial charge < -0.3 is 4.42 Å². The molecule has 0 bridgehead atoms. The molecule has 1 saturated heterocycles. The third-order valence-corrected chi connectivity index (χ3v) is 6.39. The van der Waals surface area contributed by atoms with Gasteiger partial charge in [0.2, 0.25) is 0 Å². The standard InChI is InChI=1S/C22H16N2O3S3/c1-14-7-10-17(11-8-14)29-19-12-9-16(27-19)13-18-21(26)24(22(28)30-18)23-20(25)15-5-3-2-4-6-15/h2-13H,1H3,(H,23,25)/b18-13-. The molecule has 1 N–H and O–H groups in total. The number of rotatable bonds is 5. The molecule has 0 radical (unpaired) electrons. The number of aryl methyl sites for hydroxylation is 1. The van der Waals surface area contributed by atoms with E-state index in [-0.39, 0.29) is 4.32 Å². The quantitative estimate of drug-likeness (QED) is 0.419. The Morgan fingerprint density at radius 3 is 2.57 bits per heavy atom. The molecule has 1 fully saturated rings. The van der Waals surface area contributed by atoms with Crippen molar-refractivity contribution in [2.45, 2.75) is 16.9 Å². The Labute approximate surface area is 187 Å². The molecule has 0 unspecified atom stereocenters. The lowest BCUT2D eigenvalue weighted by Gasteiger charge is -2.15. The summed E-state index contributed by atoms with van der Waals surface area (Å²) in [7, 11) is 0. The van der Waals surface area contributed by atoms with E-state index in [1.54, 1.807) is 36.4 Å². The van der Waals surface area contributed by atoms with E-state index in [1.165, 1.54) is 17.3 Å². The zero-order valence-electron chi connectivity index (χ0n) is 15.8. The highest BCUT2D eigenvalue weighted by Crippen LogP contribution is 2.34. The second-order valence-electron chi connectivity index (χ2n) is 6.40.